The molecule has 0 aliphatic carbocycles. The zero-order valence-corrected chi connectivity index (χ0v) is 9.74. The standard InChI is InChI=1S/C11H24S/c1-4-5-6-10(2)9-11(3)7-8-12/h10-12H,4-9H2,1-3H3. The Hall–Kier alpha value is 0.350. The van der Waals surface area contributed by atoms with E-state index in [0.717, 1.165) is 17.6 Å². The minimum Gasteiger partial charge on any atom is -0.179 e. The van der Waals surface area contributed by atoms with E-state index in [2.05, 4.69) is 33.4 Å². The lowest BCUT2D eigenvalue weighted by Crippen LogP contribution is -2.03. The van der Waals surface area contributed by atoms with Crippen LogP contribution in [0.5, 0.6) is 0 Å². The molecule has 0 spiro atoms. The van der Waals surface area contributed by atoms with Gasteiger partial charge in [0.2, 0.25) is 0 Å². The Morgan fingerprint density at radius 1 is 1.08 bits per heavy atom. The Bertz CT molecular complexity index is 91.0. The molecule has 0 heterocycles. The summed E-state index contributed by atoms with van der Waals surface area (Å²) < 4.78 is 0. The second-order valence-electron chi connectivity index (χ2n) is 4.10. The summed E-state index contributed by atoms with van der Waals surface area (Å²) in [5.41, 5.74) is 0. The molecule has 0 fully saturated rings. The molecule has 0 aromatic carbocycles. The molecule has 74 valence electrons. The maximum Gasteiger partial charge on any atom is -0.00954 e. The number of hydrogen-bond donors (Lipinski definition) is 1. The molecule has 0 radical (unpaired) electrons. The first-order valence-electron chi connectivity index (χ1n) is 5.31. The summed E-state index contributed by atoms with van der Waals surface area (Å²) in [7, 11) is 0. The van der Waals surface area contributed by atoms with E-state index in [-0.39, 0.29) is 0 Å². The lowest BCUT2D eigenvalue weighted by Gasteiger charge is -2.15. The summed E-state index contributed by atoms with van der Waals surface area (Å²) in [6, 6.07) is 0. The van der Waals surface area contributed by atoms with Crippen LogP contribution in [0.25, 0.3) is 0 Å². The topological polar surface area (TPSA) is 0 Å². The minimum absolute atomic E-state index is 0.870. The Balaban J connectivity index is 3.33. The Labute approximate surface area is 83.5 Å². The summed E-state index contributed by atoms with van der Waals surface area (Å²) in [5, 5.41) is 0. The number of unbranched alkanes of at least 4 members (excludes halogenated alkanes) is 1. The molecule has 0 bridgehead atoms. The summed E-state index contributed by atoms with van der Waals surface area (Å²) in [6.45, 7) is 6.99. The number of thiol groups is 1. The maximum atomic E-state index is 4.25. The van der Waals surface area contributed by atoms with Crippen LogP contribution in [0.1, 0.15) is 52.9 Å². The van der Waals surface area contributed by atoms with Crippen LogP contribution in [0.2, 0.25) is 0 Å². The molecule has 0 aromatic rings. The van der Waals surface area contributed by atoms with Crippen molar-refractivity contribution in [1.29, 1.82) is 0 Å². The van der Waals surface area contributed by atoms with Crippen molar-refractivity contribution in [2.75, 3.05) is 5.75 Å². The van der Waals surface area contributed by atoms with E-state index in [0.29, 0.717) is 0 Å². The second-order valence-corrected chi connectivity index (χ2v) is 4.55. The van der Waals surface area contributed by atoms with Crippen LogP contribution in [0, 0.1) is 11.8 Å². The summed E-state index contributed by atoms with van der Waals surface area (Å²) in [6.07, 6.45) is 6.81. The van der Waals surface area contributed by atoms with Crippen LogP contribution in [-0.2, 0) is 0 Å². The van der Waals surface area contributed by atoms with Crippen molar-refractivity contribution < 1.29 is 0 Å². The van der Waals surface area contributed by atoms with Gasteiger partial charge < -0.3 is 0 Å². The monoisotopic (exact) mass is 188 g/mol. The van der Waals surface area contributed by atoms with Gasteiger partial charge >= 0.3 is 0 Å². The number of rotatable bonds is 7. The number of hydrogen-bond acceptors (Lipinski definition) is 1. The highest BCUT2D eigenvalue weighted by atomic mass is 32.1. The van der Waals surface area contributed by atoms with Gasteiger partial charge in [0, 0.05) is 0 Å². The average Bonchev–Trinajstić information content (AvgIpc) is 2.01. The first kappa shape index (κ1) is 12.3. The van der Waals surface area contributed by atoms with Gasteiger partial charge in [-0.2, -0.15) is 12.6 Å². The van der Waals surface area contributed by atoms with Gasteiger partial charge in [-0.25, -0.2) is 0 Å². The van der Waals surface area contributed by atoms with E-state index in [1.54, 1.807) is 0 Å². The van der Waals surface area contributed by atoms with E-state index in [9.17, 15) is 0 Å². The van der Waals surface area contributed by atoms with E-state index in [1.165, 1.54) is 32.1 Å². The van der Waals surface area contributed by atoms with Crippen LogP contribution in [-0.4, -0.2) is 5.75 Å². The molecule has 0 amide bonds. The fourth-order valence-electron chi connectivity index (χ4n) is 1.70. The zero-order chi connectivity index (χ0) is 9.40. The van der Waals surface area contributed by atoms with Crippen LogP contribution < -0.4 is 0 Å². The summed E-state index contributed by atoms with van der Waals surface area (Å²) in [4.78, 5) is 0. The Kier molecular flexibility index (Phi) is 8.20. The minimum atomic E-state index is 0.870. The zero-order valence-electron chi connectivity index (χ0n) is 8.84. The molecular weight excluding hydrogens is 164 g/mol. The van der Waals surface area contributed by atoms with Crippen LogP contribution in [0.15, 0.2) is 0 Å². The molecule has 0 rings (SSSR count). The second kappa shape index (κ2) is 7.97. The normalized spacial score (nSPS) is 16.0. The lowest BCUT2D eigenvalue weighted by atomic mass is 9.92. The predicted octanol–water partition coefficient (Wildman–Crippen LogP) is 4.16. The van der Waals surface area contributed by atoms with E-state index < -0.39 is 0 Å². The smallest absolute Gasteiger partial charge is 0.00954 e. The van der Waals surface area contributed by atoms with Crippen molar-refractivity contribution in [3.05, 3.63) is 0 Å². The molecule has 0 nitrogen and oxygen atoms in total. The third-order valence-electron chi connectivity index (χ3n) is 2.48. The first-order valence-corrected chi connectivity index (χ1v) is 5.94. The SMILES string of the molecule is CCCCC(C)CC(C)CCS. The average molecular weight is 188 g/mol. The molecule has 0 N–H and O–H groups in total. The van der Waals surface area contributed by atoms with Gasteiger partial charge in [-0.05, 0) is 30.4 Å². The van der Waals surface area contributed by atoms with E-state index in [1.807, 2.05) is 0 Å². The Morgan fingerprint density at radius 2 is 1.67 bits per heavy atom. The summed E-state index contributed by atoms with van der Waals surface area (Å²) >= 11 is 4.25. The van der Waals surface area contributed by atoms with Gasteiger partial charge in [-0.1, -0.05) is 40.0 Å². The fourth-order valence-corrected chi connectivity index (χ4v) is 2.14. The molecular formula is C11H24S. The quantitative estimate of drug-likeness (QED) is 0.570. The van der Waals surface area contributed by atoms with Gasteiger partial charge in [-0.3, -0.25) is 0 Å². The van der Waals surface area contributed by atoms with E-state index in [4.69, 9.17) is 0 Å². The van der Waals surface area contributed by atoms with Crippen molar-refractivity contribution in [2.24, 2.45) is 11.8 Å². The molecule has 0 aliphatic heterocycles. The molecule has 2 atom stereocenters. The lowest BCUT2D eigenvalue weighted by molar-refractivity contribution is 0.380. The van der Waals surface area contributed by atoms with Gasteiger partial charge in [0.15, 0.2) is 0 Å². The van der Waals surface area contributed by atoms with Gasteiger partial charge in [0.05, 0.1) is 0 Å². The molecule has 0 saturated carbocycles. The largest absolute Gasteiger partial charge is 0.179 e. The highest BCUT2D eigenvalue weighted by molar-refractivity contribution is 7.80. The highest BCUT2D eigenvalue weighted by Crippen LogP contribution is 2.19. The maximum absolute atomic E-state index is 4.25. The van der Waals surface area contributed by atoms with Crippen LogP contribution in [0.4, 0.5) is 0 Å². The van der Waals surface area contributed by atoms with Crippen molar-refractivity contribution in [1.82, 2.24) is 0 Å². The molecule has 1 heteroatoms. The molecule has 12 heavy (non-hydrogen) atoms. The molecule has 0 aromatic heterocycles. The highest BCUT2D eigenvalue weighted by Gasteiger charge is 2.07. The van der Waals surface area contributed by atoms with Crippen molar-refractivity contribution in [3.8, 4) is 0 Å². The summed E-state index contributed by atoms with van der Waals surface area (Å²) in [5.74, 6) is 2.83. The van der Waals surface area contributed by atoms with Crippen LogP contribution in [0.3, 0.4) is 0 Å². The van der Waals surface area contributed by atoms with E-state index >= 15 is 0 Å². The van der Waals surface area contributed by atoms with Crippen molar-refractivity contribution in [2.45, 2.75) is 52.9 Å². The molecule has 0 aliphatic rings. The van der Waals surface area contributed by atoms with Crippen molar-refractivity contribution >= 4 is 12.6 Å². The van der Waals surface area contributed by atoms with Gasteiger partial charge in [0.1, 0.15) is 0 Å². The van der Waals surface area contributed by atoms with Crippen LogP contribution >= 0.6 is 12.6 Å². The molecule has 2 unspecified atom stereocenters. The van der Waals surface area contributed by atoms with Gasteiger partial charge in [-0.15, -0.1) is 0 Å². The third-order valence-corrected chi connectivity index (χ3v) is 2.74. The Morgan fingerprint density at radius 3 is 2.17 bits per heavy atom. The van der Waals surface area contributed by atoms with Gasteiger partial charge in [0.25, 0.3) is 0 Å². The first-order chi connectivity index (χ1) is 5.70. The predicted molar refractivity (Wildman–Crippen MR) is 60.9 cm³/mol. The van der Waals surface area contributed by atoms with Crippen molar-refractivity contribution in [3.63, 3.8) is 0 Å². The fraction of sp³-hybridized carbons (Fsp3) is 1.00. The molecule has 0 saturated heterocycles. The third kappa shape index (κ3) is 7.02.